The topological polar surface area (TPSA) is 86.8 Å². The Labute approximate surface area is 235 Å². The molecule has 10 heteroatoms. The smallest absolute Gasteiger partial charge is 0.244 e. The number of hydrogen-bond acceptors (Lipinski definition) is 4. The summed E-state index contributed by atoms with van der Waals surface area (Å²) in [5.74, 6) is -0.796. The number of likely N-dealkylation sites (N-methyl/N-ethyl adjacent to an activating group) is 1. The number of benzene rings is 3. The first kappa shape index (κ1) is 28.9. The maximum absolute atomic E-state index is 13.9. The molecule has 0 aliphatic rings. The molecule has 1 atom stereocenters. The molecule has 0 aliphatic heterocycles. The number of carbonyl (C=O) groups excluding carboxylic acids is 2. The molecule has 3 aromatic carbocycles. The summed E-state index contributed by atoms with van der Waals surface area (Å²) < 4.78 is 28.0. The number of halogens is 2. The lowest BCUT2D eigenvalue weighted by Gasteiger charge is -2.33. The van der Waals surface area contributed by atoms with Crippen LogP contribution in [0.2, 0.25) is 0 Å². The Balaban J connectivity index is 2.05. The summed E-state index contributed by atoms with van der Waals surface area (Å²) in [6.45, 7) is 1.88. The summed E-state index contributed by atoms with van der Waals surface area (Å²) >= 11 is 6.86. The predicted octanol–water partition coefficient (Wildman–Crippen LogP) is 4.75. The van der Waals surface area contributed by atoms with Crippen molar-refractivity contribution in [1.29, 1.82) is 0 Å². The zero-order valence-electron chi connectivity index (χ0n) is 20.6. The van der Waals surface area contributed by atoms with Crippen molar-refractivity contribution >= 4 is 59.4 Å². The van der Waals surface area contributed by atoms with Crippen LogP contribution in [0.5, 0.6) is 0 Å². The van der Waals surface area contributed by atoms with Gasteiger partial charge in [0.1, 0.15) is 12.6 Å². The van der Waals surface area contributed by atoms with Crippen molar-refractivity contribution < 1.29 is 18.0 Å². The van der Waals surface area contributed by atoms with E-state index in [2.05, 4.69) is 37.2 Å². The Kier molecular flexibility index (Phi) is 10.3. The summed E-state index contributed by atoms with van der Waals surface area (Å²) in [6, 6.07) is 22.9. The highest BCUT2D eigenvalue weighted by atomic mass is 79.9. The van der Waals surface area contributed by atoms with Crippen LogP contribution in [0.25, 0.3) is 0 Å². The van der Waals surface area contributed by atoms with Gasteiger partial charge in [-0.2, -0.15) is 0 Å². The Morgan fingerprint density at radius 2 is 1.57 bits per heavy atom. The number of nitrogens with zero attached hydrogens (tertiary/aromatic N) is 2. The van der Waals surface area contributed by atoms with E-state index < -0.39 is 28.5 Å². The molecule has 1 unspecified atom stereocenters. The van der Waals surface area contributed by atoms with Crippen molar-refractivity contribution in [2.75, 3.05) is 23.7 Å². The Morgan fingerprint density at radius 3 is 2.19 bits per heavy atom. The van der Waals surface area contributed by atoms with E-state index in [4.69, 9.17) is 0 Å². The molecule has 0 saturated carbocycles. The number of carbonyl (C=O) groups is 2. The van der Waals surface area contributed by atoms with Gasteiger partial charge in [0, 0.05) is 28.5 Å². The predicted molar refractivity (Wildman–Crippen MR) is 154 cm³/mol. The first-order chi connectivity index (χ1) is 17.6. The second-order valence-electron chi connectivity index (χ2n) is 8.47. The molecule has 3 rings (SSSR count). The number of sulfonamides is 1. The van der Waals surface area contributed by atoms with Crippen LogP contribution < -0.4 is 9.62 Å². The number of rotatable bonds is 11. The van der Waals surface area contributed by atoms with Crippen LogP contribution in [-0.4, -0.2) is 50.5 Å². The fourth-order valence-electron chi connectivity index (χ4n) is 3.93. The van der Waals surface area contributed by atoms with Gasteiger partial charge in [-0.3, -0.25) is 13.9 Å². The van der Waals surface area contributed by atoms with Crippen LogP contribution in [0.3, 0.4) is 0 Å². The number of anilines is 1. The molecule has 0 radical (unpaired) electrons. The fourth-order valence-corrected chi connectivity index (χ4v) is 5.85. The first-order valence-corrected chi connectivity index (χ1v) is 15.1. The second-order valence-corrected chi connectivity index (χ2v) is 12.1. The van der Waals surface area contributed by atoms with Gasteiger partial charge >= 0.3 is 0 Å². The molecule has 3 aromatic rings. The van der Waals surface area contributed by atoms with Crippen molar-refractivity contribution in [3.05, 3.63) is 98.9 Å². The Hall–Kier alpha value is -2.69. The molecule has 7 nitrogen and oxygen atoms in total. The SMILES string of the molecule is CCNC(=O)C(Cc1ccccc1)N(Cc1cccc(Br)c1)C(=O)CN(c1ccccc1Br)S(C)(=O)=O. The third kappa shape index (κ3) is 8.15. The van der Waals surface area contributed by atoms with Crippen molar-refractivity contribution in [3.8, 4) is 0 Å². The molecular weight excluding hydrogens is 622 g/mol. The first-order valence-electron chi connectivity index (χ1n) is 11.7. The van der Waals surface area contributed by atoms with Gasteiger partial charge in [0.05, 0.1) is 11.9 Å². The largest absolute Gasteiger partial charge is 0.355 e. The van der Waals surface area contributed by atoms with Crippen LogP contribution in [-0.2, 0) is 32.6 Å². The van der Waals surface area contributed by atoms with E-state index in [-0.39, 0.29) is 18.9 Å². The monoisotopic (exact) mass is 649 g/mol. The van der Waals surface area contributed by atoms with Crippen molar-refractivity contribution in [2.24, 2.45) is 0 Å². The van der Waals surface area contributed by atoms with Gasteiger partial charge in [-0.15, -0.1) is 0 Å². The molecule has 2 amide bonds. The summed E-state index contributed by atoms with van der Waals surface area (Å²) in [5, 5.41) is 2.84. The third-order valence-electron chi connectivity index (χ3n) is 5.66. The normalized spacial score (nSPS) is 12.0. The summed E-state index contributed by atoms with van der Waals surface area (Å²) in [6.07, 6.45) is 1.34. The molecule has 0 aliphatic carbocycles. The van der Waals surface area contributed by atoms with E-state index >= 15 is 0 Å². The van der Waals surface area contributed by atoms with Gasteiger partial charge in [-0.1, -0.05) is 70.5 Å². The van der Waals surface area contributed by atoms with E-state index in [0.29, 0.717) is 16.7 Å². The molecule has 0 bridgehead atoms. The zero-order chi connectivity index (χ0) is 27.0. The molecular formula is C27H29Br2N3O4S. The number of amides is 2. The summed E-state index contributed by atoms with van der Waals surface area (Å²) in [7, 11) is -3.82. The van der Waals surface area contributed by atoms with Crippen LogP contribution in [0, 0.1) is 0 Å². The number of hydrogen-bond donors (Lipinski definition) is 1. The van der Waals surface area contributed by atoms with Crippen LogP contribution in [0.4, 0.5) is 5.69 Å². The highest BCUT2D eigenvalue weighted by Crippen LogP contribution is 2.28. The average Bonchev–Trinajstić information content (AvgIpc) is 2.85. The standard InChI is InChI=1S/C27H29Br2N3O4S/c1-3-30-27(34)25(17-20-10-5-4-6-11-20)31(18-21-12-9-13-22(28)16-21)26(33)19-32(37(2,35)36)24-15-8-7-14-23(24)29/h4-16,25H,3,17-19H2,1-2H3,(H,30,34). The van der Waals surface area contributed by atoms with Crippen molar-refractivity contribution in [1.82, 2.24) is 10.2 Å². The molecule has 0 aromatic heterocycles. The third-order valence-corrected chi connectivity index (χ3v) is 7.95. The molecule has 0 heterocycles. The maximum atomic E-state index is 13.9. The lowest BCUT2D eigenvalue weighted by molar-refractivity contribution is -0.140. The van der Waals surface area contributed by atoms with Gasteiger partial charge in [0.25, 0.3) is 0 Å². The van der Waals surface area contributed by atoms with Crippen LogP contribution in [0.15, 0.2) is 87.8 Å². The number of nitrogens with one attached hydrogen (secondary N) is 1. The molecule has 196 valence electrons. The van der Waals surface area contributed by atoms with E-state index in [1.807, 2.05) is 61.5 Å². The fraction of sp³-hybridized carbons (Fsp3) is 0.259. The minimum absolute atomic E-state index is 0.125. The Morgan fingerprint density at radius 1 is 0.919 bits per heavy atom. The molecule has 0 saturated heterocycles. The van der Waals surface area contributed by atoms with E-state index in [1.165, 1.54) is 4.90 Å². The van der Waals surface area contributed by atoms with Crippen molar-refractivity contribution in [2.45, 2.75) is 25.9 Å². The van der Waals surface area contributed by atoms with Crippen molar-refractivity contribution in [3.63, 3.8) is 0 Å². The van der Waals surface area contributed by atoms with Gasteiger partial charge in [0.2, 0.25) is 21.8 Å². The van der Waals surface area contributed by atoms with Gasteiger partial charge < -0.3 is 10.2 Å². The average molecular weight is 651 g/mol. The molecule has 0 fully saturated rings. The van der Waals surface area contributed by atoms with E-state index in [1.54, 1.807) is 24.3 Å². The zero-order valence-corrected chi connectivity index (χ0v) is 24.6. The van der Waals surface area contributed by atoms with E-state index in [0.717, 1.165) is 26.2 Å². The van der Waals surface area contributed by atoms with Crippen LogP contribution >= 0.6 is 31.9 Å². The lowest BCUT2D eigenvalue weighted by atomic mass is 10.0. The quantitative estimate of drug-likeness (QED) is 0.325. The molecule has 0 spiro atoms. The maximum Gasteiger partial charge on any atom is 0.244 e. The van der Waals surface area contributed by atoms with Gasteiger partial charge in [0.15, 0.2) is 0 Å². The highest BCUT2D eigenvalue weighted by Gasteiger charge is 2.33. The lowest BCUT2D eigenvalue weighted by Crippen LogP contribution is -2.53. The van der Waals surface area contributed by atoms with Crippen LogP contribution in [0.1, 0.15) is 18.1 Å². The minimum Gasteiger partial charge on any atom is -0.355 e. The molecule has 1 N–H and O–H groups in total. The number of para-hydroxylation sites is 1. The molecule has 37 heavy (non-hydrogen) atoms. The summed E-state index contributed by atoms with van der Waals surface area (Å²) in [5.41, 5.74) is 2.03. The van der Waals surface area contributed by atoms with E-state index in [9.17, 15) is 18.0 Å². The van der Waals surface area contributed by atoms with Gasteiger partial charge in [-0.25, -0.2) is 8.42 Å². The highest BCUT2D eigenvalue weighted by molar-refractivity contribution is 9.10. The second kappa shape index (κ2) is 13.2. The van der Waals surface area contributed by atoms with Gasteiger partial charge in [-0.05, 0) is 58.2 Å². The summed E-state index contributed by atoms with van der Waals surface area (Å²) in [4.78, 5) is 28.7. The Bertz CT molecular complexity index is 1340. The minimum atomic E-state index is -3.82.